The van der Waals surface area contributed by atoms with Crippen LogP contribution in [0.1, 0.15) is 18.9 Å². The lowest BCUT2D eigenvalue weighted by Crippen LogP contribution is -2.12. The average Bonchev–Trinajstić information content (AvgIpc) is 2.05. The van der Waals surface area contributed by atoms with E-state index in [-0.39, 0.29) is 6.04 Å². The fourth-order valence-electron chi connectivity index (χ4n) is 0.815. The summed E-state index contributed by atoms with van der Waals surface area (Å²) in [6.45, 7) is 1.98. The standard InChI is InChI=1S/C9H13N3/c1-8(10)3-2-4-9-5-11-7-12-6-9/h2,4-8H,3,10H2,1H3. The van der Waals surface area contributed by atoms with Gasteiger partial charge in [0.25, 0.3) is 0 Å². The Hall–Kier alpha value is -1.22. The molecule has 0 amide bonds. The van der Waals surface area contributed by atoms with Gasteiger partial charge in [-0.25, -0.2) is 9.97 Å². The summed E-state index contributed by atoms with van der Waals surface area (Å²) in [4.78, 5) is 7.78. The molecule has 0 bridgehead atoms. The average molecular weight is 163 g/mol. The molecule has 0 saturated carbocycles. The van der Waals surface area contributed by atoms with Crippen LogP contribution in [0, 0.1) is 0 Å². The van der Waals surface area contributed by atoms with Gasteiger partial charge in [-0.3, -0.25) is 0 Å². The van der Waals surface area contributed by atoms with E-state index in [0.717, 1.165) is 12.0 Å². The predicted molar refractivity (Wildman–Crippen MR) is 49.3 cm³/mol. The lowest BCUT2D eigenvalue weighted by Gasteiger charge is -1.96. The highest BCUT2D eigenvalue weighted by molar-refractivity contribution is 5.45. The van der Waals surface area contributed by atoms with Crippen molar-refractivity contribution in [2.24, 2.45) is 5.73 Å². The van der Waals surface area contributed by atoms with Crippen molar-refractivity contribution in [1.82, 2.24) is 9.97 Å². The van der Waals surface area contributed by atoms with Gasteiger partial charge in [-0.1, -0.05) is 12.2 Å². The second-order valence-electron chi connectivity index (χ2n) is 2.79. The molecule has 1 unspecified atom stereocenters. The fraction of sp³-hybridized carbons (Fsp3) is 0.333. The van der Waals surface area contributed by atoms with Crippen molar-refractivity contribution in [2.45, 2.75) is 19.4 Å². The van der Waals surface area contributed by atoms with Gasteiger partial charge in [-0.15, -0.1) is 0 Å². The van der Waals surface area contributed by atoms with Crippen molar-refractivity contribution >= 4 is 6.08 Å². The number of hydrogen-bond donors (Lipinski definition) is 1. The topological polar surface area (TPSA) is 51.8 Å². The summed E-state index contributed by atoms with van der Waals surface area (Å²) < 4.78 is 0. The highest BCUT2D eigenvalue weighted by atomic mass is 14.8. The van der Waals surface area contributed by atoms with Gasteiger partial charge < -0.3 is 5.73 Å². The second-order valence-corrected chi connectivity index (χ2v) is 2.79. The summed E-state index contributed by atoms with van der Waals surface area (Å²) in [5.74, 6) is 0. The highest BCUT2D eigenvalue weighted by Gasteiger charge is 1.88. The molecule has 0 fully saturated rings. The molecular formula is C9H13N3. The molecule has 0 aliphatic rings. The summed E-state index contributed by atoms with van der Waals surface area (Å²) in [6.07, 6.45) is 9.94. The summed E-state index contributed by atoms with van der Waals surface area (Å²) in [5.41, 5.74) is 6.59. The minimum Gasteiger partial charge on any atom is -0.328 e. The van der Waals surface area contributed by atoms with Gasteiger partial charge in [-0.2, -0.15) is 0 Å². The fourth-order valence-corrected chi connectivity index (χ4v) is 0.815. The molecular weight excluding hydrogens is 150 g/mol. The van der Waals surface area contributed by atoms with Crippen LogP contribution in [0.4, 0.5) is 0 Å². The Bertz CT molecular complexity index is 241. The maximum atomic E-state index is 5.57. The van der Waals surface area contributed by atoms with Crippen LogP contribution in [0.15, 0.2) is 24.8 Å². The van der Waals surface area contributed by atoms with E-state index in [0.29, 0.717) is 0 Å². The van der Waals surface area contributed by atoms with Crippen molar-refractivity contribution in [2.75, 3.05) is 0 Å². The molecule has 2 N–H and O–H groups in total. The van der Waals surface area contributed by atoms with Crippen LogP contribution >= 0.6 is 0 Å². The zero-order chi connectivity index (χ0) is 8.81. The number of nitrogens with two attached hydrogens (primary N) is 1. The Morgan fingerprint density at radius 3 is 2.75 bits per heavy atom. The van der Waals surface area contributed by atoms with Gasteiger partial charge in [-0.05, 0) is 13.3 Å². The normalized spacial score (nSPS) is 13.5. The maximum Gasteiger partial charge on any atom is 0.115 e. The van der Waals surface area contributed by atoms with E-state index < -0.39 is 0 Å². The minimum absolute atomic E-state index is 0.214. The van der Waals surface area contributed by atoms with Gasteiger partial charge >= 0.3 is 0 Å². The van der Waals surface area contributed by atoms with Crippen LogP contribution in [0.2, 0.25) is 0 Å². The van der Waals surface area contributed by atoms with Crippen LogP contribution in [0.3, 0.4) is 0 Å². The van der Waals surface area contributed by atoms with E-state index in [1.165, 1.54) is 6.33 Å². The predicted octanol–water partition coefficient (Wildman–Crippen LogP) is 1.23. The minimum atomic E-state index is 0.214. The number of hydrogen-bond acceptors (Lipinski definition) is 3. The molecule has 0 aliphatic carbocycles. The molecule has 1 rings (SSSR count). The molecule has 1 aromatic rings. The third kappa shape index (κ3) is 3.25. The Morgan fingerprint density at radius 1 is 1.50 bits per heavy atom. The summed E-state index contributed by atoms with van der Waals surface area (Å²) in [6, 6.07) is 0.214. The van der Waals surface area contributed by atoms with E-state index in [1.807, 2.05) is 19.1 Å². The first-order chi connectivity index (χ1) is 5.79. The quantitative estimate of drug-likeness (QED) is 0.729. The van der Waals surface area contributed by atoms with E-state index >= 15 is 0 Å². The number of aromatic nitrogens is 2. The van der Waals surface area contributed by atoms with Crippen LogP contribution in [0.5, 0.6) is 0 Å². The Kier molecular flexibility index (Phi) is 3.41. The van der Waals surface area contributed by atoms with Crippen LogP contribution in [-0.2, 0) is 0 Å². The molecule has 64 valence electrons. The molecule has 3 nitrogen and oxygen atoms in total. The van der Waals surface area contributed by atoms with Gasteiger partial charge in [0.2, 0.25) is 0 Å². The third-order valence-corrected chi connectivity index (χ3v) is 1.40. The summed E-state index contributed by atoms with van der Waals surface area (Å²) in [7, 11) is 0. The Morgan fingerprint density at radius 2 is 2.17 bits per heavy atom. The first kappa shape index (κ1) is 8.87. The largest absolute Gasteiger partial charge is 0.328 e. The van der Waals surface area contributed by atoms with Gasteiger partial charge in [0.15, 0.2) is 0 Å². The smallest absolute Gasteiger partial charge is 0.115 e. The lowest BCUT2D eigenvalue weighted by molar-refractivity contribution is 0.759. The Balaban J connectivity index is 2.47. The van der Waals surface area contributed by atoms with Gasteiger partial charge in [0, 0.05) is 24.0 Å². The molecule has 0 aliphatic heterocycles. The van der Waals surface area contributed by atoms with E-state index in [4.69, 9.17) is 5.73 Å². The first-order valence-corrected chi connectivity index (χ1v) is 3.96. The Labute approximate surface area is 72.3 Å². The van der Waals surface area contributed by atoms with Crippen molar-refractivity contribution in [3.63, 3.8) is 0 Å². The van der Waals surface area contributed by atoms with Crippen molar-refractivity contribution < 1.29 is 0 Å². The zero-order valence-electron chi connectivity index (χ0n) is 7.14. The molecule has 0 saturated heterocycles. The van der Waals surface area contributed by atoms with Gasteiger partial charge in [0.05, 0.1) is 0 Å². The summed E-state index contributed by atoms with van der Waals surface area (Å²) in [5, 5.41) is 0. The molecule has 1 atom stereocenters. The van der Waals surface area contributed by atoms with E-state index in [1.54, 1.807) is 12.4 Å². The summed E-state index contributed by atoms with van der Waals surface area (Å²) >= 11 is 0. The van der Waals surface area contributed by atoms with Crippen molar-refractivity contribution in [3.05, 3.63) is 30.4 Å². The third-order valence-electron chi connectivity index (χ3n) is 1.40. The van der Waals surface area contributed by atoms with Crippen molar-refractivity contribution in [1.29, 1.82) is 0 Å². The molecule has 0 spiro atoms. The van der Waals surface area contributed by atoms with Crippen LogP contribution < -0.4 is 5.73 Å². The first-order valence-electron chi connectivity index (χ1n) is 3.96. The second kappa shape index (κ2) is 4.62. The van der Waals surface area contributed by atoms with Crippen LogP contribution in [-0.4, -0.2) is 16.0 Å². The SMILES string of the molecule is CC(N)CC=Cc1cncnc1. The molecule has 0 radical (unpaired) electrons. The molecule has 1 heterocycles. The lowest BCUT2D eigenvalue weighted by atomic mass is 10.2. The highest BCUT2D eigenvalue weighted by Crippen LogP contribution is 1.98. The monoisotopic (exact) mass is 163 g/mol. The van der Waals surface area contributed by atoms with E-state index in [9.17, 15) is 0 Å². The van der Waals surface area contributed by atoms with Gasteiger partial charge in [0.1, 0.15) is 6.33 Å². The van der Waals surface area contributed by atoms with E-state index in [2.05, 4.69) is 9.97 Å². The van der Waals surface area contributed by atoms with Crippen LogP contribution in [0.25, 0.3) is 6.08 Å². The molecule has 3 heteroatoms. The number of rotatable bonds is 3. The maximum absolute atomic E-state index is 5.57. The zero-order valence-corrected chi connectivity index (χ0v) is 7.14. The molecule has 12 heavy (non-hydrogen) atoms. The van der Waals surface area contributed by atoms with Crippen molar-refractivity contribution in [3.8, 4) is 0 Å². The molecule has 1 aromatic heterocycles. The number of nitrogens with zero attached hydrogens (tertiary/aromatic N) is 2. The molecule has 0 aromatic carbocycles.